The van der Waals surface area contributed by atoms with Gasteiger partial charge in [-0.1, -0.05) is 10.3 Å². The third kappa shape index (κ3) is 2.60. The van der Waals surface area contributed by atoms with Gasteiger partial charge in [0.15, 0.2) is 0 Å². The fraction of sp³-hybridized carbons (Fsp3) is 0.333. The second-order valence-corrected chi connectivity index (χ2v) is 1.31. The van der Waals surface area contributed by atoms with Gasteiger partial charge in [-0.3, -0.25) is 10.1 Å². The highest BCUT2D eigenvalue weighted by atomic mass is 16.6. The third-order valence-corrected chi connectivity index (χ3v) is 0.682. The van der Waals surface area contributed by atoms with Crippen LogP contribution >= 0.6 is 0 Å². The number of rotatable bonds is 3. The van der Waals surface area contributed by atoms with Gasteiger partial charge in [0.2, 0.25) is 0 Å². The van der Waals surface area contributed by atoms with Gasteiger partial charge >= 0.3 is 0 Å². The minimum absolute atomic E-state index is 0.625. The lowest BCUT2D eigenvalue weighted by Gasteiger charge is -1.91. The molecule has 0 atom stereocenters. The Morgan fingerprint density at radius 3 is 2.00 bits per heavy atom. The van der Waals surface area contributed by atoms with Crippen molar-refractivity contribution in [3.05, 3.63) is 10.1 Å². The lowest BCUT2D eigenvalue weighted by atomic mass is 10.4. The average molecular weight is 147 g/mol. The van der Waals surface area contributed by atoms with E-state index in [1.165, 1.54) is 0 Å². The Labute approximate surface area is 55.4 Å². The molecule has 2 N–H and O–H groups in total. The molecule has 0 aromatic heterocycles. The van der Waals surface area contributed by atoms with Crippen molar-refractivity contribution in [3.8, 4) is 0 Å². The largest absolute Gasteiger partial charge is 0.411 e. The Morgan fingerprint density at radius 2 is 1.80 bits per heavy atom. The molecule has 0 fully saturated rings. The molecule has 0 aliphatic heterocycles. The highest BCUT2D eigenvalue weighted by Crippen LogP contribution is 1.80. The van der Waals surface area contributed by atoms with Crippen molar-refractivity contribution in [2.24, 2.45) is 10.3 Å². The number of hydrogen-bond acceptors (Lipinski definition) is 6. The Balaban J connectivity index is 4.11. The van der Waals surface area contributed by atoms with Gasteiger partial charge in [-0.05, 0) is 0 Å². The molecule has 0 unspecified atom stereocenters. The summed E-state index contributed by atoms with van der Waals surface area (Å²) in [7, 11) is 0. The van der Waals surface area contributed by atoms with Crippen LogP contribution in [-0.4, -0.2) is 33.8 Å². The second kappa shape index (κ2) is 4.24. The highest BCUT2D eigenvalue weighted by Gasteiger charge is 2.13. The first kappa shape index (κ1) is 8.34. The zero-order valence-corrected chi connectivity index (χ0v) is 4.78. The Bertz CT molecular complexity index is 153. The number of nitrogens with zero attached hydrogens (tertiary/aromatic N) is 3. The van der Waals surface area contributed by atoms with E-state index in [-0.39, 0.29) is 0 Å². The van der Waals surface area contributed by atoms with Crippen LogP contribution in [0.1, 0.15) is 0 Å². The van der Waals surface area contributed by atoms with Crippen LogP contribution in [0.15, 0.2) is 10.3 Å². The van der Waals surface area contributed by atoms with Gasteiger partial charge in [0, 0.05) is 4.92 Å². The van der Waals surface area contributed by atoms with Gasteiger partial charge < -0.3 is 10.4 Å². The molecule has 0 spiro atoms. The lowest BCUT2D eigenvalue weighted by molar-refractivity contribution is -0.482. The van der Waals surface area contributed by atoms with E-state index in [1.54, 1.807) is 0 Å². The summed E-state index contributed by atoms with van der Waals surface area (Å²) in [6, 6.07) is -1.38. The first-order valence-electron chi connectivity index (χ1n) is 2.21. The van der Waals surface area contributed by atoms with Crippen LogP contribution in [0.4, 0.5) is 0 Å². The van der Waals surface area contributed by atoms with Gasteiger partial charge in [-0.15, -0.1) is 0 Å². The van der Waals surface area contributed by atoms with Crippen LogP contribution in [-0.2, 0) is 0 Å². The maximum atomic E-state index is 9.88. The SMILES string of the molecule is O=[N+]([O-])C(C=NO)C=NO. The third-order valence-electron chi connectivity index (χ3n) is 0.682. The summed E-state index contributed by atoms with van der Waals surface area (Å²) in [5, 5.41) is 30.4. The molecule has 0 rings (SSSR count). The first-order chi connectivity index (χ1) is 4.72. The van der Waals surface area contributed by atoms with Crippen molar-refractivity contribution >= 4 is 12.4 Å². The fourth-order valence-electron chi connectivity index (χ4n) is 0.284. The van der Waals surface area contributed by atoms with Crippen molar-refractivity contribution in [2.45, 2.75) is 6.04 Å². The Morgan fingerprint density at radius 1 is 1.40 bits per heavy atom. The number of nitro groups is 1. The molecule has 7 heteroatoms. The zero-order chi connectivity index (χ0) is 7.98. The summed E-state index contributed by atoms with van der Waals surface area (Å²) in [5.74, 6) is 0. The molecule has 0 radical (unpaired) electrons. The van der Waals surface area contributed by atoms with Crippen LogP contribution in [0.5, 0.6) is 0 Å². The van der Waals surface area contributed by atoms with E-state index in [1.807, 2.05) is 0 Å². The molecule has 7 nitrogen and oxygen atoms in total. The van der Waals surface area contributed by atoms with Crippen LogP contribution in [0.25, 0.3) is 0 Å². The molecule has 0 amide bonds. The maximum absolute atomic E-state index is 9.88. The topological polar surface area (TPSA) is 108 Å². The molecular formula is C3H5N3O4. The molecule has 0 heterocycles. The van der Waals surface area contributed by atoms with Crippen molar-refractivity contribution < 1.29 is 15.3 Å². The van der Waals surface area contributed by atoms with Crippen molar-refractivity contribution in [3.63, 3.8) is 0 Å². The lowest BCUT2D eigenvalue weighted by Crippen LogP contribution is -2.22. The van der Waals surface area contributed by atoms with Crippen LogP contribution < -0.4 is 0 Å². The molecule has 0 saturated heterocycles. The minimum atomic E-state index is -1.38. The van der Waals surface area contributed by atoms with Gasteiger partial charge in [0.25, 0.3) is 6.04 Å². The first-order valence-corrected chi connectivity index (χ1v) is 2.21. The van der Waals surface area contributed by atoms with Gasteiger partial charge in [0.1, 0.15) is 12.4 Å². The normalized spacial score (nSPS) is 14.4. The van der Waals surface area contributed by atoms with Crippen LogP contribution in [0.3, 0.4) is 0 Å². The summed E-state index contributed by atoms with van der Waals surface area (Å²) in [6.07, 6.45) is 1.25. The monoisotopic (exact) mass is 147 g/mol. The summed E-state index contributed by atoms with van der Waals surface area (Å²) >= 11 is 0. The zero-order valence-electron chi connectivity index (χ0n) is 4.78. The molecule has 10 heavy (non-hydrogen) atoms. The van der Waals surface area contributed by atoms with E-state index in [2.05, 4.69) is 10.3 Å². The predicted molar refractivity (Wildman–Crippen MR) is 31.3 cm³/mol. The molecular weight excluding hydrogens is 142 g/mol. The summed E-state index contributed by atoms with van der Waals surface area (Å²) < 4.78 is 0. The molecule has 0 bridgehead atoms. The second-order valence-electron chi connectivity index (χ2n) is 1.31. The van der Waals surface area contributed by atoms with E-state index < -0.39 is 11.0 Å². The molecule has 0 aliphatic carbocycles. The summed E-state index contributed by atoms with van der Waals surface area (Å²) in [6.45, 7) is 0. The van der Waals surface area contributed by atoms with Crippen molar-refractivity contribution in [1.29, 1.82) is 0 Å². The standard InChI is InChI=1S/C3H5N3O4/c7-4-1-3(2-5-8)6(9)10/h1-3,7-8H. The Kier molecular flexibility index (Phi) is 3.54. The van der Waals surface area contributed by atoms with Gasteiger partial charge in [-0.2, -0.15) is 0 Å². The molecule has 0 saturated carbocycles. The average Bonchev–Trinajstić information content (AvgIpc) is 1.87. The van der Waals surface area contributed by atoms with Gasteiger partial charge in [-0.25, -0.2) is 0 Å². The molecule has 56 valence electrons. The van der Waals surface area contributed by atoms with E-state index in [0.29, 0.717) is 12.4 Å². The van der Waals surface area contributed by atoms with E-state index >= 15 is 0 Å². The van der Waals surface area contributed by atoms with Crippen LogP contribution in [0.2, 0.25) is 0 Å². The molecule has 0 aliphatic rings. The van der Waals surface area contributed by atoms with E-state index in [4.69, 9.17) is 10.4 Å². The smallest absolute Gasteiger partial charge is 0.289 e. The summed E-state index contributed by atoms with van der Waals surface area (Å²) in [4.78, 5) is 9.10. The highest BCUT2D eigenvalue weighted by molar-refractivity contribution is 5.85. The van der Waals surface area contributed by atoms with Crippen molar-refractivity contribution in [2.75, 3.05) is 0 Å². The minimum Gasteiger partial charge on any atom is -0.411 e. The summed E-state index contributed by atoms with van der Waals surface area (Å²) in [5.41, 5.74) is 0. The quantitative estimate of drug-likeness (QED) is 0.244. The fourth-order valence-corrected chi connectivity index (χ4v) is 0.284. The molecule has 0 aromatic rings. The maximum Gasteiger partial charge on any atom is 0.289 e. The van der Waals surface area contributed by atoms with Crippen LogP contribution in [0, 0.1) is 10.1 Å². The number of hydrogen-bond donors (Lipinski definition) is 2. The molecule has 0 aromatic carbocycles. The van der Waals surface area contributed by atoms with E-state index in [0.717, 1.165) is 0 Å². The predicted octanol–water partition coefficient (Wildman–Crippen LogP) is -0.448. The van der Waals surface area contributed by atoms with Gasteiger partial charge in [0.05, 0.1) is 0 Å². The Hall–Kier alpha value is -1.66. The number of oxime groups is 2. The van der Waals surface area contributed by atoms with E-state index in [9.17, 15) is 10.1 Å². The van der Waals surface area contributed by atoms with Crippen molar-refractivity contribution in [1.82, 2.24) is 0 Å².